The highest BCUT2D eigenvalue weighted by Gasteiger charge is 2.11. The molecule has 0 unspecified atom stereocenters. The summed E-state index contributed by atoms with van der Waals surface area (Å²) in [7, 11) is 0. The molecule has 3 nitrogen and oxygen atoms in total. The Balaban J connectivity index is 1.37. The van der Waals surface area contributed by atoms with Crippen molar-refractivity contribution in [2.45, 2.75) is 43.9 Å². The molecule has 0 N–H and O–H groups in total. The van der Waals surface area contributed by atoms with E-state index in [0.717, 1.165) is 48.8 Å². The summed E-state index contributed by atoms with van der Waals surface area (Å²) in [4.78, 5) is 6.18. The summed E-state index contributed by atoms with van der Waals surface area (Å²) in [5, 5.41) is 0. The maximum atomic E-state index is 6.01. The van der Waals surface area contributed by atoms with E-state index in [4.69, 9.17) is 9.72 Å². The van der Waals surface area contributed by atoms with Crippen molar-refractivity contribution < 1.29 is 4.74 Å². The van der Waals surface area contributed by atoms with Crippen LogP contribution in [0.2, 0.25) is 0 Å². The molecule has 0 saturated heterocycles. The summed E-state index contributed by atoms with van der Waals surface area (Å²) in [5.41, 5.74) is 4.77. The Kier molecular flexibility index (Phi) is 6.75. The molecule has 0 aliphatic rings. The number of aromatic nitrogens is 2. The number of para-hydroxylation sites is 2. The third-order valence-electron chi connectivity index (χ3n) is 5.21. The Morgan fingerprint density at radius 1 is 0.900 bits per heavy atom. The molecule has 0 aliphatic carbocycles. The topological polar surface area (TPSA) is 27.1 Å². The van der Waals surface area contributed by atoms with Gasteiger partial charge in [-0.05, 0) is 62.6 Å². The van der Waals surface area contributed by atoms with Crippen LogP contribution in [0.15, 0.2) is 77.7 Å². The van der Waals surface area contributed by atoms with Gasteiger partial charge in [-0.2, -0.15) is 0 Å². The predicted molar refractivity (Wildman–Crippen MR) is 126 cm³/mol. The van der Waals surface area contributed by atoms with Crippen LogP contribution in [-0.4, -0.2) is 16.2 Å². The minimum Gasteiger partial charge on any atom is -0.493 e. The van der Waals surface area contributed by atoms with Gasteiger partial charge in [-0.3, -0.25) is 0 Å². The van der Waals surface area contributed by atoms with Gasteiger partial charge in [0, 0.05) is 11.4 Å². The number of hydrogen-bond donors (Lipinski definition) is 0. The van der Waals surface area contributed by atoms with E-state index in [-0.39, 0.29) is 0 Å². The first-order valence-corrected chi connectivity index (χ1v) is 11.5. The third-order valence-corrected chi connectivity index (χ3v) is 6.22. The number of benzene rings is 3. The second-order valence-corrected chi connectivity index (χ2v) is 8.64. The zero-order valence-corrected chi connectivity index (χ0v) is 18.5. The SMILES string of the molecule is Cc1ccc(OCCCCn2c(CSc3ccccc3)nc3ccccc32)c(C)c1. The normalized spacial score (nSPS) is 11.1. The molecule has 0 fully saturated rings. The van der Waals surface area contributed by atoms with Crippen LogP contribution in [-0.2, 0) is 12.3 Å². The zero-order valence-electron chi connectivity index (χ0n) is 17.7. The van der Waals surface area contributed by atoms with Crippen molar-refractivity contribution in [1.82, 2.24) is 9.55 Å². The molecule has 4 rings (SSSR count). The molecule has 0 atom stereocenters. The average Bonchev–Trinajstić information content (AvgIpc) is 3.12. The van der Waals surface area contributed by atoms with Crippen molar-refractivity contribution in [3.63, 3.8) is 0 Å². The van der Waals surface area contributed by atoms with Gasteiger partial charge in [0.15, 0.2) is 0 Å². The van der Waals surface area contributed by atoms with E-state index >= 15 is 0 Å². The second kappa shape index (κ2) is 9.86. The van der Waals surface area contributed by atoms with E-state index in [0.29, 0.717) is 0 Å². The van der Waals surface area contributed by atoms with Gasteiger partial charge >= 0.3 is 0 Å². The van der Waals surface area contributed by atoms with E-state index in [1.165, 1.54) is 21.5 Å². The lowest BCUT2D eigenvalue weighted by Crippen LogP contribution is -2.06. The summed E-state index contributed by atoms with van der Waals surface area (Å²) < 4.78 is 8.38. The monoisotopic (exact) mass is 416 g/mol. The lowest BCUT2D eigenvalue weighted by Gasteiger charge is -2.11. The van der Waals surface area contributed by atoms with Crippen LogP contribution in [0.1, 0.15) is 29.8 Å². The van der Waals surface area contributed by atoms with Gasteiger partial charge in [0.1, 0.15) is 11.6 Å². The van der Waals surface area contributed by atoms with E-state index in [1.807, 2.05) is 11.8 Å². The number of hydrogen-bond acceptors (Lipinski definition) is 3. The van der Waals surface area contributed by atoms with Crippen LogP contribution in [0.25, 0.3) is 11.0 Å². The van der Waals surface area contributed by atoms with Gasteiger partial charge in [0.05, 0.1) is 23.4 Å². The number of aryl methyl sites for hydroxylation is 3. The molecule has 1 heterocycles. The van der Waals surface area contributed by atoms with E-state index in [9.17, 15) is 0 Å². The summed E-state index contributed by atoms with van der Waals surface area (Å²) in [6.07, 6.45) is 2.08. The molecule has 0 radical (unpaired) electrons. The van der Waals surface area contributed by atoms with Crippen molar-refractivity contribution in [1.29, 1.82) is 0 Å². The lowest BCUT2D eigenvalue weighted by atomic mass is 10.1. The van der Waals surface area contributed by atoms with Gasteiger partial charge in [-0.1, -0.05) is 48.0 Å². The first-order valence-electron chi connectivity index (χ1n) is 10.5. The van der Waals surface area contributed by atoms with Crippen molar-refractivity contribution >= 4 is 22.8 Å². The van der Waals surface area contributed by atoms with Crippen LogP contribution < -0.4 is 4.74 Å². The van der Waals surface area contributed by atoms with Gasteiger partial charge in [0.25, 0.3) is 0 Å². The minimum atomic E-state index is 0.741. The molecule has 0 amide bonds. The maximum absolute atomic E-state index is 6.01. The standard InChI is InChI=1S/C26H28N2OS/c1-20-14-15-25(21(2)18-20)29-17-9-8-16-28-24-13-7-6-12-23(24)27-26(28)19-30-22-10-4-3-5-11-22/h3-7,10-15,18H,8-9,16-17,19H2,1-2H3. The number of ether oxygens (including phenoxy) is 1. The number of rotatable bonds is 9. The van der Waals surface area contributed by atoms with Crippen molar-refractivity contribution in [3.05, 3.63) is 89.7 Å². The number of imidazole rings is 1. The molecular weight excluding hydrogens is 388 g/mol. The number of nitrogens with zero attached hydrogens (tertiary/aromatic N) is 2. The van der Waals surface area contributed by atoms with Crippen LogP contribution in [0, 0.1) is 13.8 Å². The molecule has 1 aromatic heterocycles. The van der Waals surface area contributed by atoms with Crippen LogP contribution >= 0.6 is 11.8 Å². The first-order chi connectivity index (χ1) is 14.7. The molecule has 3 aromatic carbocycles. The van der Waals surface area contributed by atoms with E-state index < -0.39 is 0 Å². The highest BCUT2D eigenvalue weighted by Crippen LogP contribution is 2.25. The fraction of sp³-hybridized carbons (Fsp3) is 0.269. The van der Waals surface area contributed by atoms with Crippen molar-refractivity contribution in [3.8, 4) is 5.75 Å². The Labute approximate surface area is 183 Å². The fourth-order valence-electron chi connectivity index (χ4n) is 3.67. The van der Waals surface area contributed by atoms with Crippen LogP contribution in [0.5, 0.6) is 5.75 Å². The molecule has 4 heteroatoms. The highest BCUT2D eigenvalue weighted by molar-refractivity contribution is 7.98. The molecule has 30 heavy (non-hydrogen) atoms. The summed E-state index contributed by atoms with van der Waals surface area (Å²) >= 11 is 1.84. The summed E-state index contributed by atoms with van der Waals surface area (Å²) in [6.45, 7) is 5.92. The summed E-state index contributed by atoms with van der Waals surface area (Å²) in [5.74, 6) is 3.01. The van der Waals surface area contributed by atoms with E-state index in [2.05, 4.69) is 91.2 Å². The second-order valence-electron chi connectivity index (χ2n) is 7.59. The number of fused-ring (bicyclic) bond motifs is 1. The first kappa shape index (κ1) is 20.5. The van der Waals surface area contributed by atoms with Gasteiger partial charge < -0.3 is 9.30 Å². The van der Waals surface area contributed by atoms with Gasteiger partial charge in [-0.15, -0.1) is 11.8 Å². The smallest absolute Gasteiger partial charge is 0.122 e. The molecule has 4 aromatic rings. The van der Waals surface area contributed by atoms with E-state index in [1.54, 1.807) is 0 Å². The largest absolute Gasteiger partial charge is 0.493 e. The van der Waals surface area contributed by atoms with Gasteiger partial charge in [0.2, 0.25) is 0 Å². The predicted octanol–water partition coefficient (Wildman–Crippen LogP) is 6.80. The lowest BCUT2D eigenvalue weighted by molar-refractivity contribution is 0.301. The highest BCUT2D eigenvalue weighted by atomic mass is 32.2. The molecule has 0 aliphatic heterocycles. The number of thioether (sulfide) groups is 1. The Hall–Kier alpha value is -2.72. The minimum absolute atomic E-state index is 0.741. The third kappa shape index (κ3) is 5.06. The Bertz CT molecular complexity index is 1100. The average molecular weight is 417 g/mol. The maximum Gasteiger partial charge on any atom is 0.122 e. The molecule has 0 bridgehead atoms. The van der Waals surface area contributed by atoms with Crippen molar-refractivity contribution in [2.75, 3.05) is 6.61 Å². The fourth-order valence-corrected chi connectivity index (χ4v) is 4.53. The molecule has 0 saturated carbocycles. The molecular formula is C26H28N2OS. The zero-order chi connectivity index (χ0) is 20.8. The Morgan fingerprint density at radius 2 is 1.70 bits per heavy atom. The number of unbranched alkanes of at least 4 members (excludes halogenated alkanes) is 1. The molecule has 0 spiro atoms. The van der Waals surface area contributed by atoms with Crippen LogP contribution in [0.3, 0.4) is 0 Å². The Morgan fingerprint density at radius 3 is 2.53 bits per heavy atom. The summed E-state index contributed by atoms with van der Waals surface area (Å²) in [6, 6.07) is 25.3. The quantitative estimate of drug-likeness (QED) is 0.222. The van der Waals surface area contributed by atoms with Gasteiger partial charge in [-0.25, -0.2) is 4.98 Å². The van der Waals surface area contributed by atoms with Crippen molar-refractivity contribution in [2.24, 2.45) is 0 Å². The molecule has 154 valence electrons. The van der Waals surface area contributed by atoms with Crippen LogP contribution in [0.4, 0.5) is 0 Å².